The molecule has 0 atom stereocenters. The highest BCUT2D eigenvalue weighted by molar-refractivity contribution is 5.75. The van der Waals surface area contributed by atoms with Gasteiger partial charge in [-0.25, -0.2) is 0 Å². The van der Waals surface area contributed by atoms with Crippen molar-refractivity contribution < 1.29 is 4.79 Å². The van der Waals surface area contributed by atoms with E-state index in [0.717, 1.165) is 45.6 Å². The maximum Gasteiger partial charge on any atom is 0.220 e. The topological polar surface area (TPSA) is 35.6 Å². The highest BCUT2D eigenvalue weighted by atomic mass is 16.1. The van der Waals surface area contributed by atoms with Crippen molar-refractivity contribution in [2.24, 2.45) is 0 Å². The molecule has 1 amide bonds. The number of carbonyl (C=O) groups excluding carboxylic acids is 1. The number of piperazine rings is 1. The lowest BCUT2D eigenvalue weighted by atomic mass is 10.1. The number of aryl methyl sites for hydroxylation is 2. The summed E-state index contributed by atoms with van der Waals surface area (Å²) in [6, 6.07) is 17.2. The molecule has 0 unspecified atom stereocenters. The molecule has 2 aromatic rings. The molecule has 1 N–H and O–H groups in total. The van der Waals surface area contributed by atoms with Gasteiger partial charge in [0.25, 0.3) is 0 Å². The monoisotopic (exact) mass is 379 g/mol. The molecule has 1 saturated heterocycles. The van der Waals surface area contributed by atoms with Crippen molar-refractivity contribution in [2.75, 3.05) is 33.2 Å². The zero-order chi connectivity index (χ0) is 19.8. The summed E-state index contributed by atoms with van der Waals surface area (Å²) < 4.78 is 0. The largest absolute Gasteiger partial charge is 0.352 e. The van der Waals surface area contributed by atoms with Crippen molar-refractivity contribution >= 4 is 5.91 Å². The zero-order valence-electron chi connectivity index (χ0n) is 17.3. The Hall–Kier alpha value is -2.17. The number of rotatable bonds is 8. The lowest BCUT2D eigenvalue weighted by Gasteiger charge is -2.32. The Bertz CT molecular complexity index is 749. The number of amides is 1. The van der Waals surface area contributed by atoms with Gasteiger partial charge in [0.15, 0.2) is 0 Å². The predicted molar refractivity (Wildman–Crippen MR) is 115 cm³/mol. The van der Waals surface area contributed by atoms with Crippen LogP contribution in [0.2, 0.25) is 0 Å². The summed E-state index contributed by atoms with van der Waals surface area (Å²) in [6.07, 6.45) is 2.42. The molecule has 1 aliphatic rings. The van der Waals surface area contributed by atoms with Crippen LogP contribution in [-0.2, 0) is 24.3 Å². The first-order valence-electron chi connectivity index (χ1n) is 10.4. The second-order valence-corrected chi connectivity index (χ2v) is 8.02. The zero-order valence-corrected chi connectivity index (χ0v) is 17.3. The van der Waals surface area contributed by atoms with Gasteiger partial charge in [0.2, 0.25) is 5.91 Å². The van der Waals surface area contributed by atoms with Crippen LogP contribution in [0.15, 0.2) is 48.5 Å². The summed E-state index contributed by atoms with van der Waals surface area (Å²) in [6.45, 7) is 8.22. The van der Waals surface area contributed by atoms with Gasteiger partial charge in [-0.1, -0.05) is 54.1 Å². The predicted octanol–water partition coefficient (Wildman–Crippen LogP) is 3.38. The molecule has 150 valence electrons. The van der Waals surface area contributed by atoms with E-state index in [1.54, 1.807) is 0 Å². The molecule has 0 aliphatic carbocycles. The molecule has 0 spiro atoms. The third-order valence-electron chi connectivity index (χ3n) is 5.47. The van der Waals surface area contributed by atoms with Crippen LogP contribution in [0.1, 0.15) is 35.1 Å². The average Bonchev–Trinajstić information content (AvgIpc) is 2.70. The van der Waals surface area contributed by atoms with E-state index in [4.69, 9.17) is 0 Å². The Morgan fingerprint density at radius 2 is 1.68 bits per heavy atom. The molecule has 2 aromatic carbocycles. The minimum Gasteiger partial charge on any atom is -0.352 e. The van der Waals surface area contributed by atoms with Crippen LogP contribution in [-0.4, -0.2) is 48.9 Å². The first kappa shape index (κ1) is 20.6. The first-order valence-corrected chi connectivity index (χ1v) is 10.4. The van der Waals surface area contributed by atoms with Gasteiger partial charge in [-0.2, -0.15) is 0 Å². The maximum atomic E-state index is 12.2. The Balaban J connectivity index is 1.39. The van der Waals surface area contributed by atoms with E-state index in [1.165, 1.54) is 22.3 Å². The summed E-state index contributed by atoms with van der Waals surface area (Å²) in [5.74, 6) is 0.136. The lowest BCUT2D eigenvalue weighted by molar-refractivity contribution is -0.121. The van der Waals surface area contributed by atoms with Crippen molar-refractivity contribution in [3.8, 4) is 0 Å². The van der Waals surface area contributed by atoms with Crippen LogP contribution in [0.4, 0.5) is 0 Å². The molecule has 1 heterocycles. The molecule has 28 heavy (non-hydrogen) atoms. The quantitative estimate of drug-likeness (QED) is 0.764. The van der Waals surface area contributed by atoms with Gasteiger partial charge in [0.1, 0.15) is 0 Å². The van der Waals surface area contributed by atoms with Crippen LogP contribution in [0, 0.1) is 6.92 Å². The normalized spacial score (nSPS) is 15.5. The summed E-state index contributed by atoms with van der Waals surface area (Å²) in [5.41, 5.74) is 5.08. The van der Waals surface area contributed by atoms with Crippen LogP contribution in [0.5, 0.6) is 0 Å². The molecule has 1 fully saturated rings. The third-order valence-corrected chi connectivity index (χ3v) is 5.47. The van der Waals surface area contributed by atoms with Crippen LogP contribution < -0.4 is 5.32 Å². The van der Waals surface area contributed by atoms with Crippen molar-refractivity contribution in [3.63, 3.8) is 0 Å². The molecule has 0 saturated carbocycles. The second kappa shape index (κ2) is 10.4. The molecule has 3 rings (SSSR count). The highest BCUT2D eigenvalue weighted by Crippen LogP contribution is 2.11. The number of nitrogens with one attached hydrogen (secondary N) is 1. The van der Waals surface area contributed by atoms with Gasteiger partial charge < -0.3 is 10.2 Å². The van der Waals surface area contributed by atoms with E-state index in [-0.39, 0.29) is 5.91 Å². The van der Waals surface area contributed by atoms with Crippen molar-refractivity contribution in [1.82, 2.24) is 15.1 Å². The Morgan fingerprint density at radius 3 is 2.43 bits per heavy atom. The molecule has 4 heteroatoms. The first-order chi connectivity index (χ1) is 13.6. The van der Waals surface area contributed by atoms with Gasteiger partial charge in [-0.15, -0.1) is 0 Å². The van der Waals surface area contributed by atoms with Gasteiger partial charge in [0.05, 0.1) is 0 Å². The minimum absolute atomic E-state index is 0.136. The summed E-state index contributed by atoms with van der Waals surface area (Å²) in [5, 5.41) is 3.07. The summed E-state index contributed by atoms with van der Waals surface area (Å²) >= 11 is 0. The van der Waals surface area contributed by atoms with E-state index < -0.39 is 0 Å². The number of carbonyl (C=O) groups is 1. The van der Waals surface area contributed by atoms with E-state index in [0.29, 0.717) is 13.0 Å². The average molecular weight is 380 g/mol. The van der Waals surface area contributed by atoms with Crippen LogP contribution in [0.3, 0.4) is 0 Å². The number of hydrogen-bond acceptors (Lipinski definition) is 3. The Labute approximate surface area is 169 Å². The number of benzene rings is 2. The van der Waals surface area contributed by atoms with Crippen molar-refractivity contribution in [2.45, 2.75) is 39.3 Å². The fraction of sp³-hybridized carbons (Fsp3) is 0.458. The standard InChI is InChI=1S/C24H33N3O/c1-20-9-11-21(12-10-20)5-4-8-24(28)25-18-22-6-3-7-23(17-22)19-27-15-13-26(2)14-16-27/h3,6-7,9-12,17H,4-5,8,13-16,18-19H2,1-2H3,(H,25,28). The number of nitrogens with zero attached hydrogens (tertiary/aromatic N) is 2. The van der Waals surface area contributed by atoms with Gasteiger partial charge in [0, 0.05) is 45.7 Å². The number of likely N-dealkylation sites (N-methyl/N-ethyl adjacent to an activating group) is 1. The third kappa shape index (κ3) is 6.77. The Morgan fingerprint density at radius 1 is 0.964 bits per heavy atom. The smallest absolute Gasteiger partial charge is 0.220 e. The molecular formula is C24H33N3O. The molecule has 0 radical (unpaired) electrons. The lowest BCUT2D eigenvalue weighted by Crippen LogP contribution is -2.43. The summed E-state index contributed by atoms with van der Waals surface area (Å²) in [4.78, 5) is 17.0. The fourth-order valence-corrected chi connectivity index (χ4v) is 3.60. The van der Waals surface area contributed by atoms with Crippen LogP contribution >= 0.6 is 0 Å². The molecule has 1 aliphatic heterocycles. The van der Waals surface area contributed by atoms with Gasteiger partial charge in [-0.05, 0) is 43.5 Å². The minimum atomic E-state index is 0.136. The van der Waals surface area contributed by atoms with Gasteiger partial charge in [-0.3, -0.25) is 9.69 Å². The second-order valence-electron chi connectivity index (χ2n) is 8.02. The van der Waals surface area contributed by atoms with E-state index in [1.807, 2.05) is 0 Å². The summed E-state index contributed by atoms with van der Waals surface area (Å²) in [7, 11) is 2.18. The maximum absolute atomic E-state index is 12.2. The molecule has 0 bridgehead atoms. The van der Waals surface area contributed by atoms with Gasteiger partial charge >= 0.3 is 0 Å². The SMILES string of the molecule is Cc1ccc(CCCC(=O)NCc2cccc(CN3CCN(C)CC3)c2)cc1. The van der Waals surface area contributed by atoms with E-state index >= 15 is 0 Å². The van der Waals surface area contributed by atoms with Crippen molar-refractivity contribution in [3.05, 3.63) is 70.8 Å². The number of hydrogen-bond donors (Lipinski definition) is 1. The van der Waals surface area contributed by atoms with E-state index in [2.05, 4.69) is 77.6 Å². The van der Waals surface area contributed by atoms with E-state index in [9.17, 15) is 4.79 Å². The molecule has 4 nitrogen and oxygen atoms in total. The van der Waals surface area contributed by atoms with Crippen molar-refractivity contribution in [1.29, 1.82) is 0 Å². The molecule has 0 aromatic heterocycles. The molecular weight excluding hydrogens is 346 g/mol. The Kier molecular flexibility index (Phi) is 7.63. The fourth-order valence-electron chi connectivity index (χ4n) is 3.60. The highest BCUT2D eigenvalue weighted by Gasteiger charge is 2.13. The van der Waals surface area contributed by atoms with Crippen LogP contribution in [0.25, 0.3) is 0 Å².